The summed E-state index contributed by atoms with van der Waals surface area (Å²) < 4.78 is 46.7. The molecule has 2 amide bonds. The van der Waals surface area contributed by atoms with E-state index in [0.717, 1.165) is 50.0 Å². The number of benzene rings is 3. The Bertz CT molecular complexity index is 1820. The lowest BCUT2D eigenvalue weighted by Crippen LogP contribution is -2.51. The number of hydrogen-bond acceptors (Lipinski definition) is 7. The molecule has 0 saturated carbocycles. The van der Waals surface area contributed by atoms with E-state index in [1.54, 1.807) is 11.0 Å². The van der Waals surface area contributed by atoms with Gasteiger partial charge in [-0.1, -0.05) is 59.6 Å². The van der Waals surface area contributed by atoms with Gasteiger partial charge >= 0.3 is 6.18 Å². The molecule has 1 aromatic heterocycles. The van der Waals surface area contributed by atoms with Crippen molar-refractivity contribution >= 4 is 35.5 Å². The summed E-state index contributed by atoms with van der Waals surface area (Å²) in [6, 6.07) is 19.6. The summed E-state index contributed by atoms with van der Waals surface area (Å²) in [6.45, 7) is 2.98. The summed E-state index contributed by atoms with van der Waals surface area (Å²) >= 11 is 12.8. The highest BCUT2D eigenvalue weighted by atomic mass is 35.5. The maximum absolute atomic E-state index is 14.1. The molecule has 2 aliphatic rings. The first kappa shape index (κ1) is 34.7. The first-order chi connectivity index (χ1) is 23.5. The zero-order chi connectivity index (χ0) is 34.8. The van der Waals surface area contributed by atoms with Crippen molar-refractivity contribution in [1.29, 1.82) is 0 Å². The Morgan fingerprint density at radius 3 is 2.41 bits per heavy atom. The molecular formula is C34H34Cl2F3N7O3. The molecule has 1 unspecified atom stereocenters. The number of nitrogens with zero attached hydrogens (tertiary/aromatic N) is 6. The van der Waals surface area contributed by atoms with Crippen molar-refractivity contribution in [3.8, 4) is 11.4 Å². The van der Waals surface area contributed by atoms with E-state index in [-0.39, 0.29) is 17.0 Å². The lowest BCUT2D eigenvalue weighted by molar-refractivity contribution is -0.146. The molecule has 0 radical (unpaired) electrons. The third-order valence-corrected chi connectivity index (χ3v) is 10.6. The fourth-order valence-corrected chi connectivity index (χ4v) is 7.37. The molecule has 4 aromatic rings. The second-order valence-corrected chi connectivity index (χ2v) is 13.3. The van der Waals surface area contributed by atoms with Gasteiger partial charge in [0.05, 0.1) is 33.9 Å². The second-order valence-electron chi connectivity index (χ2n) is 12.5. The number of alkyl halides is 3. The molecule has 6 rings (SSSR count). The van der Waals surface area contributed by atoms with E-state index < -0.39 is 28.9 Å². The molecule has 0 bridgehead atoms. The van der Waals surface area contributed by atoms with Crippen molar-refractivity contribution in [2.75, 3.05) is 39.8 Å². The van der Waals surface area contributed by atoms with Crippen LogP contribution in [0.25, 0.3) is 5.69 Å². The number of amides is 2. The maximum Gasteiger partial charge on any atom is 0.453 e. The second kappa shape index (κ2) is 14.0. The minimum atomic E-state index is -4.80. The minimum absolute atomic E-state index is 0.0304. The lowest BCUT2D eigenvalue weighted by Gasteiger charge is -2.43. The minimum Gasteiger partial charge on any atom is -0.496 e. The standard InChI is InChI=1S/C34H34Cl2F3N7O3/c1-49-29-10-8-25(46-31(34(37,38)39)41-42-43-46)20-26(29)30(48)45-18-12-32(21-45,24-7-9-27(35)28(36)19-24)11-15-44-16-13-33(14-17-44,40-22-47)23-5-3-2-4-6-23/h2-10,19-20,22H,11-18,21H2,1H3,(H,40,47). The van der Waals surface area contributed by atoms with Crippen LogP contribution in [-0.2, 0) is 21.9 Å². The number of hydrogen-bond donors (Lipinski definition) is 1. The van der Waals surface area contributed by atoms with Crippen molar-refractivity contribution < 1.29 is 27.5 Å². The van der Waals surface area contributed by atoms with Gasteiger partial charge in [-0.05, 0) is 84.1 Å². The summed E-state index contributed by atoms with van der Waals surface area (Å²) in [5, 5.41) is 13.7. The Labute approximate surface area is 291 Å². The smallest absolute Gasteiger partial charge is 0.453 e. The lowest BCUT2D eigenvalue weighted by atomic mass is 9.76. The van der Waals surface area contributed by atoms with Gasteiger partial charge < -0.3 is 19.9 Å². The van der Waals surface area contributed by atoms with E-state index >= 15 is 0 Å². The Morgan fingerprint density at radius 1 is 0.980 bits per heavy atom. The maximum atomic E-state index is 14.1. The van der Waals surface area contributed by atoms with Crippen LogP contribution >= 0.6 is 23.2 Å². The van der Waals surface area contributed by atoms with Crippen LogP contribution in [-0.4, -0.2) is 82.2 Å². The van der Waals surface area contributed by atoms with Gasteiger partial charge in [-0.15, -0.1) is 5.10 Å². The Morgan fingerprint density at radius 2 is 1.73 bits per heavy atom. The molecule has 3 aromatic carbocycles. The predicted molar refractivity (Wildman–Crippen MR) is 177 cm³/mol. The topological polar surface area (TPSA) is 105 Å². The van der Waals surface area contributed by atoms with E-state index in [0.29, 0.717) is 40.7 Å². The number of aromatic nitrogens is 4. The summed E-state index contributed by atoms with van der Waals surface area (Å²) in [7, 11) is 1.39. The molecule has 2 aliphatic heterocycles. The quantitative estimate of drug-likeness (QED) is 0.204. The highest BCUT2D eigenvalue weighted by molar-refractivity contribution is 6.42. The summed E-state index contributed by atoms with van der Waals surface area (Å²) in [5.74, 6) is -1.49. The van der Waals surface area contributed by atoms with Gasteiger partial charge in [0.25, 0.3) is 11.7 Å². The number of tetrazole rings is 1. The molecule has 1 atom stereocenters. The van der Waals surface area contributed by atoms with E-state index in [2.05, 4.69) is 25.7 Å². The van der Waals surface area contributed by atoms with E-state index in [1.807, 2.05) is 42.5 Å². The van der Waals surface area contributed by atoms with Crippen LogP contribution in [0, 0.1) is 0 Å². The van der Waals surface area contributed by atoms with E-state index in [9.17, 15) is 22.8 Å². The molecule has 2 saturated heterocycles. The van der Waals surface area contributed by atoms with Gasteiger partial charge in [0.1, 0.15) is 5.75 Å². The van der Waals surface area contributed by atoms with E-state index in [1.165, 1.54) is 25.3 Å². The molecule has 10 nitrogen and oxygen atoms in total. The number of carbonyl (C=O) groups is 2. The Balaban J connectivity index is 1.24. The van der Waals surface area contributed by atoms with Crippen molar-refractivity contribution in [3.05, 3.63) is 99.3 Å². The largest absolute Gasteiger partial charge is 0.496 e. The fourth-order valence-electron chi connectivity index (χ4n) is 7.08. The van der Waals surface area contributed by atoms with Gasteiger partial charge in [-0.3, -0.25) is 9.59 Å². The number of ether oxygens (including phenoxy) is 1. The summed E-state index contributed by atoms with van der Waals surface area (Å²) in [5.41, 5.74) is 1.16. The number of halogens is 5. The average Bonchev–Trinajstić information content (AvgIpc) is 3.79. The first-order valence-electron chi connectivity index (χ1n) is 15.8. The van der Waals surface area contributed by atoms with Gasteiger partial charge in [-0.2, -0.15) is 17.9 Å². The summed E-state index contributed by atoms with van der Waals surface area (Å²) in [6.07, 6.45) is -1.22. The third kappa shape index (κ3) is 6.97. The van der Waals surface area contributed by atoms with Crippen LogP contribution in [0.1, 0.15) is 53.0 Å². The van der Waals surface area contributed by atoms with Crippen molar-refractivity contribution in [2.24, 2.45) is 0 Å². The van der Waals surface area contributed by atoms with Gasteiger partial charge in [0.15, 0.2) is 0 Å². The first-order valence-corrected chi connectivity index (χ1v) is 16.5. The van der Waals surface area contributed by atoms with Crippen molar-refractivity contribution in [3.63, 3.8) is 0 Å². The normalized spacial score (nSPS) is 19.5. The number of nitrogens with one attached hydrogen (secondary N) is 1. The van der Waals surface area contributed by atoms with Crippen LogP contribution in [0.2, 0.25) is 10.0 Å². The zero-order valence-corrected chi connectivity index (χ0v) is 28.1. The van der Waals surface area contributed by atoms with Crippen molar-refractivity contribution in [2.45, 2.75) is 42.8 Å². The number of likely N-dealkylation sites (tertiary alicyclic amines) is 2. The van der Waals surface area contributed by atoms with Crippen LogP contribution < -0.4 is 10.1 Å². The van der Waals surface area contributed by atoms with Gasteiger partial charge in [0, 0.05) is 31.6 Å². The van der Waals surface area contributed by atoms with Crippen LogP contribution in [0.15, 0.2) is 66.7 Å². The predicted octanol–water partition coefficient (Wildman–Crippen LogP) is 5.91. The van der Waals surface area contributed by atoms with Crippen molar-refractivity contribution in [1.82, 2.24) is 35.3 Å². The monoisotopic (exact) mass is 715 g/mol. The zero-order valence-electron chi connectivity index (χ0n) is 26.6. The highest BCUT2D eigenvalue weighted by Crippen LogP contribution is 2.42. The molecule has 49 heavy (non-hydrogen) atoms. The average molecular weight is 717 g/mol. The van der Waals surface area contributed by atoms with Crippen LogP contribution in [0.3, 0.4) is 0 Å². The highest BCUT2D eigenvalue weighted by Gasteiger charge is 2.44. The SMILES string of the molecule is COc1ccc(-n2nnnc2C(F)(F)F)cc1C(=O)N1CCC(CCN2CCC(NC=O)(c3ccccc3)CC2)(c2ccc(Cl)c(Cl)c2)C1. The molecule has 15 heteroatoms. The number of methoxy groups -OCH3 is 1. The number of carbonyl (C=O) groups excluding carboxylic acids is 2. The Kier molecular flexibility index (Phi) is 9.88. The third-order valence-electron chi connectivity index (χ3n) is 9.83. The molecule has 258 valence electrons. The molecule has 0 aliphatic carbocycles. The van der Waals surface area contributed by atoms with Gasteiger partial charge in [-0.25, -0.2) is 0 Å². The van der Waals surface area contributed by atoms with Crippen LogP contribution in [0.5, 0.6) is 5.75 Å². The molecule has 3 heterocycles. The molecule has 2 fully saturated rings. The molecular weight excluding hydrogens is 682 g/mol. The molecule has 0 spiro atoms. The van der Waals surface area contributed by atoms with Crippen LogP contribution in [0.4, 0.5) is 13.2 Å². The van der Waals surface area contributed by atoms with Gasteiger partial charge in [0.2, 0.25) is 6.41 Å². The number of piperidine rings is 1. The van der Waals surface area contributed by atoms with E-state index in [4.69, 9.17) is 27.9 Å². The number of rotatable bonds is 10. The fraction of sp³-hybridized carbons (Fsp3) is 0.382. The summed E-state index contributed by atoms with van der Waals surface area (Å²) in [4.78, 5) is 29.8. The molecule has 1 N–H and O–H groups in total. The Hall–Kier alpha value is -4.20.